The van der Waals surface area contributed by atoms with E-state index in [0.717, 1.165) is 9.87 Å². The third-order valence-corrected chi connectivity index (χ3v) is 6.05. The first-order valence-electron chi connectivity index (χ1n) is 8.72. The molecule has 0 saturated heterocycles. The van der Waals surface area contributed by atoms with E-state index in [4.69, 9.17) is 5.11 Å². The topological polar surface area (TPSA) is 91.8 Å². The number of allylic oxidation sites excluding steroid dienone is 1. The van der Waals surface area contributed by atoms with Crippen LogP contribution in [0.25, 0.3) is 6.08 Å². The molecule has 28 heavy (non-hydrogen) atoms. The minimum atomic E-state index is -3.92. The monoisotopic (exact) mass is 401 g/mol. The van der Waals surface area contributed by atoms with Crippen LogP contribution in [0, 0.1) is 0 Å². The maximum Gasteiger partial charge on any atom is 0.318 e. The fraction of sp³-hybridized carbons (Fsp3) is 0.238. The second kappa shape index (κ2) is 8.95. The van der Waals surface area contributed by atoms with Gasteiger partial charge in [-0.1, -0.05) is 44.2 Å². The first kappa shape index (κ1) is 21.5. The zero-order valence-corrected chi connectivity index (χ0v) is 16.8. The Hall–Kier alpha value is -2.77. The number of rotatable bonds is 8. The number of carbonyl (C=O) groups excluding carboxylic acids is 1. The molecule has 0 aromatic heterocycles. The number of carboxylic acid groups (broad SMARTS) is 1. The molecule has 148 valence electrons. The summed E-state index contributed by atoms with van der Waals surface area (Å²) in [4.78, 5) is 23.0. The van der Waals surface area contributed by atoms with Crippen molar-refractivity contribution < 1.29 is 23.1 Å². The quantitative estimate of drug-likeness (QED) is 0.541. The van der Waals surface area contributed by atoms with Crippen molar-refractivity contribution in [3.05, 3.63) is 71.3 Å². The van der Waals surface area contributed by atoms with Gasteiger partial charge in [-0.05, 0) is 47.4 Å². The average Bonchev–Trinajstić information content (AvgIpc) is 2.66. The maximum atomic E-state index is 12.3. The van der Waals surface area contributed by atoms with Crippen molar-refractivity contribution in [2.45, 2.75) is 24.7 Å². The van der Waals surface area contributed by atoms with Gasteiger partial charge >= 0.3 is 5.97 Å². The Labute approximate surface area is 165 Å². The second-order valence-electron chi connectivity index (χ2n) is 6.70. The molecule has 1 N–H and O–H groups in total. The second-order valence-corrected chi connectivity index (χ2v) is 8.74. The first-order chi connectivity index (χ1) is 13.1. The fourth-order valence-electron chi connectivity index (χ4n) is 2.51. The van der Waals surface area contributed by atoms with Crippen molar-refractivity contribution in [1.82, 2.24) is 4.31 Å². The van der Waals surface area contributed by atoms with Crippen LogP contribution in [0.2, 0.25) is 0 Å². The molecule has 0 amide bonds. The summed E-state index contributed by atoms with van der Waals surface area (Å²) in [5.74, 6) is -1.07. The van der Waals surface area contributed by atoms with Crippen molar-refractivity contribution in [1.29, 1.82) is 0 Å². The van der Waals surface area contributed by atoms with Crippen LogP contribution < -0.4 is 0 Å². The van der Waals surface area contributed by atoms with E-state index in [1.807, 2.05) is 24.3 Å². The van der Waals surface area contributed by atoms with Crippen LogP contribution in [0.3, 0.4) is 0 Å². The molecule has 0 aliphatic carbocycles. The Morgan fingerprint density at radius 3 is 2.11 bits per heavy atom. The molecule has 0 spiro atoms. The molecule has 2 rings (SSSR count). The summed E-state index contributed by atoms with van der Waals surface area (Å²) >= 11 is 0. The zero-order chi connectivity index (χ0) is 20.9. The van der Waals surface area contributed by atoms with E-state index in [0.29, 0.717) is 11.5 Å². The van der Waals surface area contributed by atoms with Gasteiger partial charge in [0.2, 0.25) is 10.0 Å². The highest BCUT2D eigenvalue weighted by Gasteiger charge is 2.22. The van der Waals surface area contributed by atoms with E-state index in [1.54, 1.807) is 6.08 Å². The molecule has 0 atom stereocenters. The number of benzene rings is 2. The smallest absolute Gasteiger partial charge is 0.318 e. The fourth-order valence-corrected chi connectivity index (χ4v) is 3.63. The Bertz CT molecular complexity index is 974. The summed E-state index contributed by atoms with van der Waals surface area (Å²) in [6.45, 7) is 3.58. The van der Waals surface area contributed by atoms with Crippen LogP contribution in [0.15, 0.2) is 59.5 Å². The molecular weight excluding hydrogens is 378 g/mol. The van der Waals surface area contributed by atoms with Gasteiger partial charge in [-0.2, -0.15) is 4.31 Å². The highest BCUT2D eigenvalue weighted by atomic mass is 32.2. The number of hydrogen-bond donors (Lipinski definition) is 1. The van der Waals surface area contributed by atoms with Gasteiger partial charge < -0.3 is 5.11 Å². The summed E-state index contributed by atoms with van der Waals surface area (Å²) < 4.78 is 25.3. The normalized spacial score (nSPS) is 12.0. The van der Waals surface area contributed by atoms with E-state index in [1.165, 1.54) is 43.0 Å². The van der Waals surface area contributed by atoms with Gasteiger partial charge in [-0.25, -0.2) is 8.42 Å². The number of carboxylic acids is 1. The summed E-state index contributed by atoms with van der Waals surface area (Å²) in [5.41, 5.74) is 2.45. The van der Waals surface area contributed by atoms with Crippen molar-refractivity contribution >= 4 is 27.9 Å². The Morgan fingerprint density at radius 1 is 1.04 bits per heavy atom. The molecule has 6 nitrogen and oxygen atoms in total. The lowest BCUT2D eigenvalue weighted by molar-refractivity contribution is -0.137. The van der Waals surface area contributed by atoms with Gasteiger partial charge in [-0.15, -0.1) is 0 Å². The van der Waals surface area contributed by atoms with Crippen molar-refractivity contribution in [3.8, 4) is 0 Å². The Morgan fingerprint density at radius 2 is 1.61 bits per heavy atom. The van der Waals surface area contributed by atoms with Gasteiger partial charge in [0, 0.05) is 12.6 Å². The van der Waals surface area contributed by atoms with Gasteiger partial charge in [-0.3, -0.25) is 9.59 Å². The molecule has 0 aliphatic heterocycles. The lowest BCUT2D eigenvalue weighted by atomic mass is 10.0. The van der Waals surface area contributed by atoms with Crippen LogP contribution in [0.4, 0.5) is 0 Å². The van der Waals surface area contributed by atoms with Gasteiger partial charge in [0.05, 0.1) is 4.90 Å². The molecule has 0 fully saturated rings. The highest BCUT2D eigenvalue weighted by molar-refractivity contribution is 7.89. The molecule has 0 bridgehead atoms. The number of aliphatic carboxylic acids is 1. The van der Waals surface area contributed by atoms with Crippen molar-refractivity contribution in [2.24, 2.45) is 0 Å². The van der Waals surface area contributed by atoms with Crippen LogP contribution in [0.5, 0.6) is 0 Å². The maximum absolute atomic E-state index is 12.3. The number of ketones is 1. The number of likely N-dealkylation sites (N-methyl/N-ethyl adjacent to an activating group) is 1. The molecule has 0 saturated carbocycles. The number of hydrogen-bond acceptors (Lipinski definition) is 4. The van der Waals surface area contributed by atoms with E-state index in [-0.39, 0.29) is 10.7 Å². The Balaban J connectivity index is 2.12. The summed E-state index contributed by atoms with van der Waals surface area (Å²) in [6, 6.07) is 13.3. The van der Waals surface area contributed by atoms with E-state index < -0.39 is 22.5 Å². The van der Waals surface area contributed by atoms with E-state index in [9.17, 15) is 18.0 Å². The summed E-state index contributed by atoms with van der Waals surface area (Å²) in [5, 5.41) is 8.75. The van der Waals surface area contributed by atoms with Crippen molar-refractivity contribution in [3.63, 3.8) is 0 Å². The van der Waals surface area contributed by atoms with Gasteiger partial charge in [0.25, 0.3) is 0 Å². The Kier molecular flexibility index (Phi) is 6.88. The largest absolute Gasteiger partial charge is 0.480 e. The molecular formula is C21H23NO5S. The van der Waals surface area contributed by atoms with Gasteiger partial charge in [0.15, 0.2) is 5.78 Å². The standard InChI is InChI=1S/C21H23NO5S/c1-15(2)17-7-4-16(5-8-17)6-13-20(23)18-9-11-19(12-10-18)28(26,27)22(3)14-21(24)25/h4-13,15H,14H2,1-3H3,(H,24,25)/b13-6+. The summed E-state index contributed by atoms with van der Waals surface area (Å²) in [6.07, 6.45) is 3.14. The predicted molar refractivity (Wildman–Crippen MR) is 108 cm³/mol. The first-order valence-corrected chi connectivity index (χ1v) is 10.2. The number of sulfonamides is 1. The van der Waals surface area contributed by atoms with Crippen LogP contribution in [0.1, 0.15) is 41.3 Å². The highest BCUT2D eigenvalue weighted by Crippen LogP contribution is 2.17. The molecule has 0 heterocycles. The minimum Gasteiger partial charge on any atom is -0.480 e. The summed E-state index contributed by atoms with van der Waals surface area (Å²) in [7, 11) is -2.73. The third kappa shape index (κ3) is 5.37. The molecule has 2 aromatic rings. The molecule has 7 heteroatoms. The molecule has 0 unspecified atom stereocenters. The zero-order valence-electron chi connectivity index (χ0n) is 16.0. The predicted octanol–water partition coefficient (Wildman–Crippen LogP) is 3.41. The van der Waals surface area contributed by atoms with Crippen LogP contribution >= 0.6 is 0 Å². The minimum absolute atomic E-state index is 0.0685. The van der Waals surface area contributed by atoms with E-state index in [2.05, 4.69) is 13.8 Å². The third-order valence-electron chi connectivity index (χ3n) is 4.24. The molecule has 0 radical (unpaired) electrons. The average molecular weight is 401 g/mol. The number of carbonyl (C=O) groups is 2. The lowest BCUT2D eigenvalue weighted by Gasteiger charge is -2.14. The van der Waals surface area contributed by atoms with E-state index >= 15 is 0 Å². The van der Waals surface area contributed by atoms with Crippen molar-refractivity contribution in [2.75, 3.05) is 13.6 Å². The molecule has 0 aliphatic rings. The molecule has 2 aromatic carbocycles. The van der Waals surface area contributed by atoms with Crippen LogP contribution in [-0.4, -0.2) is 43.2 Å². The lowest BCUT2D eigenvalue weighted by Crippen LogP contribution is -2.32. The van der Waals surface area contributed by atoms with Gasteiger partial charge in [0.1, 0.15) is 6.54 Å². The van der Waals surface area contributed by atoms with Crippen LogP contribution in [-0.2, 0) is 14.8 Å². The SMILES string of the molecule is CC(C)c1ccc(/C=C/C(=O)c2ccc(S(=O)(=O)N(C)CC(=O)O)cc2)cc1. The number of nitrogens with zero attached hydrogens (tertiary/aromatic N) is 1.